The molecule has 0 aromatic heterocycles. The molecule has 0 fully saturated rings. The third kappa shape index (κ3) is 3.84. The molecule has 0 unspecified atom stereocenters. The summed E-state index contributed by atoms with van der Waals surface area (Å²) in [4.78, 5) is 10.8. The Morgan fingerprint density at radius 3 is 2.21 bits per heavy atom. The minimum atomic E-state index is -5.59. The minimum absolute atomic E-state index is 0.235. The number of carboxylic acids is 1. The Bertz CT molecular complexity index is 625. The fourth-order valence-corrected chi connectivity index (χ4v) is 1.70. The van der Waals surface area contributed by atoms with Gasteiger partial charge in [0.25, 0.3) is 0 Å². The molecular formula is C8H6BF4O5S-. The number of aromatic carboxylic acids is 1. The van der Waals surface area contributed by atoms with Gasteiger partial charge in [0.15, 0.2) is 0 Å². The molecule has 106 valence electrons. The predicted octanol–water partition coefficient (Wildman–Crippen LogP) is 1.34. The summed E-state index contributed by atoms with van der Waals surface area (Å²) in [5.74, 6) is -2.74. The maximum atomic E-state index is 12.5. The van der Waals surface area contributed by atoms with Crippen LogP contribution in [-0.4, -0.2) is 26.5 Å². The second kappa shape index (κ2) is 4.72. The molecule has 0 saturated heterocycles. The number of benzene rings is 1. The summed E-state index contributed by atoms with van der Waals surface area (Å²) in [5.41, 5.74) is -2.66. The zero-order valence-electron chi connectivity index (χ0n) is 9.23. The molecule has 0 radical (unpaired) electrons. The van der Waals surface area contributed by atoms with Gasteiger partial charge in [0, 0.05) is 5.56 Å². The van der Waals surface area contributed by atoms with Gasteiger partial charge in [-0.05, 0) is 13.0 Å². The zero-order chi connectivity index (χ0) is 15.0. The number of carboxylic acid groups (broad SMARTS) is 1. The topological polar surface area (TPSA) is 80.7 Å². The Labute approximate surface area is 105 Å². The first-order valence-corrected chi connectivity index (χ1v) is 5.94. The molecule has 19 heavy (non-hydrogen) atoms. The van der Waals surface area contributed by atoms with Crippen molar-refractivity contribution in [3.8, 4) is 5.75 Å². The number of rotatable bonds is 4. The SMILES string of the molecule is Cc1c(OS(=O)(=O)F)cc([B-](F)(F)F)cc1C(=O)O. The third-order valence-electron chi connectivity index (χ3n) is 2.18. The van der Waals surface area contributed by atoms with Crippen molar-refractivity contribution in [2.75, 3.05) is 0 Å². The van der Waals surface area contributed by atoms with Crippen LogP contribution in [0.15, 0.2) is 12.1 Å². The standard InChI is InChI=1S/C8H6BF4O5S/c1-4-6(8(14)15)2-5(9(10,11)12)3-7(4)18-19(13,16)17/h2-3H,1H3,(H,14,15)/q-1. The monoisotopic (exact) mass is 301 g/mol. The maximum absolute atomic E-state index is 12.5. The third-order valence-corrected chi connectivity index (χ3v) is 2.56. The van der Waals surface area contributed by atoms with Gasteiger partial charge in [0.2, 0.25) is 0 Å². The predicted molar refractivity (Wildman–Crippen MR) is 57.5 cm³/mol. The lowest BCUT2D eigenvalue weighted by molar-refractivity contribution is 0.0695. The average Bonchev–Trinajstić information content (AvgIpc) is 2.16. The van der Waals surface area contributed by atoms with Crippen LogP contribution in [0.2, 0.25) is 0 Å². The van der Waals surface area contributed by atoms with Crippen LogP contribution in [0.5, 0.6) is 5.75 Å². The molecule has 1 aromatic rings. The molecule has 0 aliphatic heterocycles. The van der Waals surface area contributed by atoms with Gasteiger partial charge in [0.05, 0.1) is 5.56 Å². The van der Waals surface area contributed by atoms with Crippen LogP contribution in [0.4, 0.5) is 16.8 Å². The largest absolute Gasteiger partial charge is 0.509 e. The number of hydrogen-bond donors (Lipinski definition) is 1. The van der Waals surface area contributed by atoms with Gasteiger partial charge < -0.3 is 22.2 Å². The van der Waals surface area contributed by atoms with Crippen LogP contribution >= 0.6 is 0 Å². The minimum Gasteiger partial charge on any atom is -0.478 e. The molecule has 1 rings (SSSR count). The fraction of sp³-hybridized carbons (Fsp3) is 0.125. The molecule has 1 N–H and O–H groups in total. The van der Waals surface area contributed by atoms with Crippen molar-refractivity contribution in [2.24, 2.45) is 0 Å². The second-order valence-electron chi connectivity index (χ2n) is 3.55. The van der Waals surface area contributed by atoms with Crippen LogP contribution in [0.25, 0.3) is 0 Å². The van der Waals surface area contributed by atoms with Crippen molar-refractivity contribution in [1.29, 1.82) is 0 Å². The van der Waals surface area contributed by atoms with Gasteiger partial charge in [-0.25, -0.2) is 4.79 Å². The average molecular weight is 301 g/mol. The van der Waals surface area contributed by atoms with E-state index in [0.717, 1.165) is 6.92 Å². The van der Waals surface area contributed by atoms with Crippen LogP contribution in [0, 0.1) is 6.92 Å². The summed E-state index contributed by atoms with van der Waals surface area (Å²) < 4.78 is 74.3. The Hall–Kier alpha value is -1.78. The van der Waals surface area contributed by atoms with Crippen LogP contribution in [-0.2, 0) is 10.5 Å². The van der Waals surface area contributed by atoms with Crippen LogP contribution in [0.3, 0.4) is 0 Å². The highest BCUT2D eigenvalue weighted by Gasteiger charge is 2.29. The fourth-order valence-electron chi connectivity index (χ4n) is 1.31. The second-order valence-corrected chi connectivity index (χ2v) is 4.50. The molecule has 0 spiro atoms. The van der Waals surface area contributed by atoms with E-state index in [1.54, 1.807) is 0 Å². The van der Waals surface area contributed by atoms with Gasteiger partial charge in [-0.1, -0.05) is 9.95 Å². The van der Waals surface area contributed by atoms with Gasteiger partial charge >= 0.3 is 23.5 Å². The van der Waals surface area contributed by atoms with E-state index in [1.807, 2.05) is 0 Å². The molecule has 0 saturated carbocycles. The van der Waals surface area contributed by atoms with Gasteiger partial charge in [-0.3, -0.25) is 0 Å². The number of halogens is 4. The van der Waals surface area contributed by atoms with Crippen molar-refractivity contribution in [3.63, 3.8) is 0 Å². The highest BCUT2D eigenvalue weighted by molar-refractivity contribution is 7.81. The summed E-state index contributed by atoms with van der Waals surface area (Å²) in [5, 5.41) is 8.72. The van der Waals surface area contributed by atoms with Crippen molar-refractivity contribution >= 4 is 28.9 Å². The summed E-state index contributed by atoms with van der Waals surface area (Å²) >= 11 is 0. The van der Waals surface area contributed by atoms with Crippen molar-refractivity contribution in [2.45, 2.75) is 6.92 Å². The number of hydrogen-bond acceptors (Lipinski definition) is 4. The Morgan fingerprint density at radius 2 is 1.84 bits per heavy atom. The van der Waals surface area contributed by atoms with Gasteiger partial charge in [-0.2, -0.15) is 8.42 Å². The first kappa shape index (κ1) is 15.3. The lowest BCUT2D eigenvalue weighted by Gasteiger charge is -2.18. The molecule has 0 amide bonds. The van der Waals surface area contributed by atoms with Gasteiger partial charge in [-0.15, -0.1) is 5.46 Å². The van der Waals surface area contributed by atoms with E-state index in [4.69, 9.17) is 5.11 Å². The van der Waals surface area contributed by atoms with E-state index in [9.17, 15) is 30.0 Å². The Morgan fingerprint density at radius 1 is 1.32 bits per heavy atom. The van der Waals surface area contributed by atoms with E-state index in [-0.39, 0.29) is 6.07 Å². The molecule has 0 bridgehead atoms. The maximum Gasteiger partial charge on any atom is 0.509 e. The highest BCUT2D eigenvalue weighted by atomic mass is 32.3. The summed E-state index contributed by atoms with van der Waals surface area (Å²) in [6, 6.07) is 0.564. The van der Waals surface area contributed by atoms with E-state index < -0.39 is 45.8 Å². The Kier molecular flexibility index (Phi) is 3.80. The summed E-state index contributed by atoms with van der Waals surface area (Å²) in [7, 11) is -5.56. The molecule has 0 aliphatic rings. The molecule has 5 nitrogen and oxygen atoms in total. The normalized spacial score (nSPS) is 12.3. The first-order chi connectivity index (χ1) is 8.42. The smallest absolute Gasteiger partial charge is 0.478 e. The van der Waals surface area contributed by atoms with Crippen LogP contribution < -0.4 is 9.65 Å². The van der Waals surface area contributed by atoms with Crippen molar-refractivity contribution in [1.82, 2.24) is 0 Å². The summed E-state index contributed by atoms with van der Waals surface area (Å²) in [6.45, 7) is -4.60. The van der Waals surface area contributed by atoms with Gasteiger partial charge in [0.1, 0.15) is 5.75 Å². The summed E-state index contributed by atoms with van der Waals surface area (Å²) in [6.07, 6.45) is 0. The lowest BCUT2D eigenvalue weighted by Crippen LogP contribution is -2.35. The first-order valence-electron chi connectivity index (χ1n) is 4.63. The molecule has 1 aromatic carbocycles. The molecule has 0 heterocycles. The van der Waals surface area contributed by atoms with E-state index in [1.165, 1.54) is 0 Å². The quantitative estimate of drug-likeness (QED) is 0.515. The van der Waals surface area contributed by atoms with E-state index in [0.29, 0.717) is 6.07 Å². The lowest BCUT2D eigenvalue weighted by atomic mass is 9.78. The van der Waals surface area contributed by atoms with E-state index >= 15 is 0 Å². The highest BCUT2D eigenvalue weighted by Crippen LogP contribution is 2.25. The molecule has 0 atom stereocenters. The van der Waals surface area contributed by atoms with E-state index in [2.05, 4.69) is 4.18 Å². The zero-order valence-corrected chi connectivity index (χ0v) is 10.0. The molecule has 0 aliphatic carbocycles. The molecule has 11 heteroatoms. The number of carbonyl (C=O) groups is 1. The van der Waals surface area contributed by atoms with Crippen LogP contribution in [0.1, 0.15) is 15.9 Å². The van der Waals surface area contributed by atoms with Crippen molar-refractivity contribution in [3.05, 3.63) is 23.3 Å². The van der Waals surface area contributed by atoms with Crippen molar-refractivity contribution < 1.29 is 39.3 Å². The Balaban J connectivity index is 3.54. The molecular weight excluding hydrogens is 295 g/mol.